The highest BCUT2D eigenvalue weighted by atomic mass is 19.1. The van der Waals surface area contributed by atoms with Gasteiger partial charge in [-0.05, 0) is 86.4 Å². The fraction of sp³-hybridized carbons (Fsp3) is 0.618. The Morgan fingerprint density at radius 2 is 1.79 bits per heavy atom. The minimum Gasteiger partial charge on any atom is -0.457 e. The smallest absolute Gasteiger partial charge is 0.410 e. The summed E-state index contributed by atoms with van der Waals surface area (Å²) in [7, 11) is 2.02. The Morgan fingerprint density at radius 1 is 1.07 bits per heavy atom. The van der Waals surface area contributed by atoms with Gasteiger partial charge < -0.3 is 24.4 Å². The number of ether oxygens (including phenoxy) is 2. The lowest BCUT2D eigenvalue weighted by molar-refractivity contribution is -0.151. The van der Waals surface area contributed by atoms with Crippen molar-refractivity contribution in [3.05, 3.63) is 52.9 Å². The third-order valence-corrected chi connectivity index (χ3v) is 8.69. The summed E-state index contributed by atoms with van der Waals surface area (Å²) in [5.41, 5.74) is 1.89. The Morgan fingerprint density at radius 3 is 2.49 bits per heavy atom. The third kappa shape index (κ3) is 10.3. The molecule has 9 heteroatoms. The monoisotopic (exact) mass is 598 g/mol. The largest absolute Gasteiger partial charge is 0.457 e. The van der Waals surface area contributed by atoms with E-state index in [1.54, 1.807) is 17.0 Å². The molecule has 1 saturated heterocycles. The maximum absolute atomic E-state index is 14.6. The standard InChI is InChI=1S/C34H47FN2O6/c1-22-5-9-29(38)21-32(40)43-33(23(2)6-10-31(22)42-34(41)37-13-11-36(4)12-14-37)24(3)15-26-16-27(18-28(35)17-26)20-30(39)19-25-7-8-25/h6,10,15-18,22-23,25,29,31,33,38H,5,7-9,11-14,19-21H2,1-4H3/b10-6+,24-15+/t22-,23-,29+,31-,33-/m0/s1. The molecule has 0 unspecified atom stereocenters. The van der Waals surface area contributed by atoms with Crippen molar-refractivity contribution < 1.29 is 33.4 Å². The number of halogens is 1. The van der Waals surface area contributed by atoms with Crippen molar-refractivity contribution in [1.82, 2.24) is 9.80 Å². The number of piperazine rings is 1. The number of aliphatic hydroxyl groups excluding tert-OH is 1. The van der Waals surface area contributed by atoms with Gasteiger partial charge in [0, 0.05) is 44.9 Å². The first-order valence-electron chi connectivity index (χ1n) is 15.7. The van der Waals surface area contributed by atoms with E-state index in [1.807, 2.05) is 40.0 Å². The first-order chi connectivity index (χ1) is 20.5. The van der Waals surface area contributed by atoms with Crippen LogP contribution in [0.1, 0.15) is 70.4 Å². The van der Waals surface area contributed by atoms with Crippen LogP contribution < -0.4 is 0 Å². The first-order valence-corrected chi connectivity index (χ1v) is 15.7. The number of carbonyl (C=O) groups excluding carboxylic acids is 3. The molecule has 4 rings (SSSR count). The van der Waals surface area contributed by atoms with Crippen molar-refractivity contribution in [3.8, 4) is 0 Å². The predicted octanol–water partition coefficient (Wildman–Crippen LogP) is 5.18. The molecule has 1 amide bonds. The number of cyclic esters (lactones) is 1. The van der Waals surface area contributed by atoms with Crippen molar-refractivity contribution in [2.75, 3.05) is 33.2 Å². The van der Waals surface area contributed by atoms with Crippen LogP contribution >= 0.6 is 0 Å². The molecule has 43 heavy (non-hydrogen) atoms. The number of hydrogen-bond donors (Lipinski definition) is 1. The normalized spacial score (nSPS) is 28.8. The predicted molar refractivity (Wildman–Crippen MR) is 163 cm³/mol. The SMILES string of the molecule is C/C(=C\c1cc(F)cc(CC(=O)CC2CC2)c1)[C@H]1OC(=O)C[C@H](O)CC[C@H](C)[C@@H](OC(=O)N2CCN(C)CC2)/C=C/[C@@H]1C. The van der Waals surface area contributed by atoms with Gasteiger partial charge in [0.05, 0.1) is 12.5 Å². The third-order valence-electron chi connectivity index (χ3n) is 8.69. The minimum absolute atomic E-state index is 0.0756. The number of aliphatic hydroxyl groups is 1. The maximum Gasteiger partial charge on any atom is 0.410 e. The molecule has 1 saturated carbocycles. The molecule has 2 heterocycles. The number of esters is 1. The Balaban J connectivity index is 1.53. The highest BCUT2D eigenvalue weighted by Gasteiger charge is 2.29. The van der Waals surface area contributed by atoms with Gasteiger partial charge in [-0.1, -0.05) is 32.1 Å². The summed E-state index contributed by atoms with van der Waals surface area (Å²) in [6.07, 6.45) is 6.79. The average Bonchev–Trinajstić information content (AvgIpc) is 3.75. The fourth-order valence-electron chi connectivity index (χ4n) is 5.78. The number of hydrogen-bond acceptors (Lipinski definition) is 7. The van der Waals surface area contributed by atoms with Crippen molar-refractivity contribution >= 4 is 23.9 Å². The molecule has 1 aromatic rings. The van der Waals surface area contributed by atoms with Crippen LogP contribution in [0.25, 0.3) is 6.08 Å². The van der Waals surface area contributed by atoms with Crippen LogP contribution in [0.4, 0.5) is 9.18 Å². The van der Waals surface area contributed by atoms with Crippen LogP contribution in [0.3, 0.4) is 0 Å². The number of rotatable bonds is 7. The molecule has 8 nitrogen and oxygen atoms in total. The zero-order valence-electron chi connectivity index (χ0n) is 26.0. The van der Waals surface area contributed by atoms with Crippen LogP contribution in [-0.4, -0.2) is 84.3 Å². The fourth-order valence-corrected chi connectivity index (χ4v) is 5.78. The van der Waals surface area contributed by atoms with Gasteiger partial charge in [-0.2, -0.15) is 0 Å². The maximum atomic E-state index is 14.6. The average molecular weight is 599 g/mol. The van der Waals surface area contributed by atoms with E-state index in [4.69, 9.17) is 9.47 Å². The van der Waals surface area contributed by atoms with Gasteiger partial charge in [0.2, 0.25) is 0 Å². The van der Waals surface area contributed by atoms with Gasteiger partial charge in [-0.3, -0.25) is 9.59 Å². The lowest BCUT2D eigenvalue weighted by Crippen LogP contribution is -2.48. The van der Waals surface area contributed by atoms with Crippen molar-refractivity contribution in [1.29, 1.82) is 0 Å². The van der Waals surface area contributed by atoms with Crippen LogP contribution in [0.2, 0.25) is 0 Å². The minimum atomic E-state index is -0.883. The molecule has 1 aliphatic carbocycles. The van der Waals surface area contributed by atoms with E-state index in [9.17, 15) is 23.9 Å². The van der Waals surface area contributed by atoms with E-state index in [0.29, 0.717) is 55.0 Å². The summed E-state index contributed by atoms with van der Waals surface area (Å²) in [5, 5.41) is 10.6. The molecule has 1 N–H and O–H groups in total. The van der Waals surface area contributed by atoms with Gasteiger partial charge >= 0.3 is 12.1 Å². The second-order valence-electron chi connectivity index (χ2n) is 12.8. The molecule has 0 radical (unpaired) electrons. The number of carbonyl (C=O) groups is 3. The van der Waals surface area contributed by atoms with E-state index < -0.39 is 30.1 Å². The number of nitrogens with zero attached hydrogens (tertiary/aromatic N) is 2. The molecule has 0 aromatic heterocycles. The first kappa shape index (κ1) is 32.9. The van der Waals surface area contributed by atoms with Crippen molar-refractivity contribution in [3.63, 3.8) is 0 Å². The molecule has 1 aromatic carbocycles. The molecular formula is C34H47FN2O6. The molecule has 236 valence electrons. The van der Waals surface area contributed by atoms with Crippen LogP contribution in [0.15, 0.2) is 35.9 Å². The summed E-state index contributed by atoms with van der Waals surface area (Å²) in [5.74, 6) is -0.730. The lowest BCUT2D eigenvalue weighted by Gasteiger charge is -2.33. The van der Waals surface area contributed by atoms with E-state index in [0.717, 1.165) is 25.9 Å². The van der Waals surface area contributed by atoms with Gasteiger partial charge in [-0.15, -0.1) is 0 Å². The van der Waals surface area contributed by atoms with Crippen molar-refractivity contribution in [2.45, 2.75) is 84.0 Å². The molecule has 0 spiro atoms. The second kappa shape index (κ2) is 15.1. The molecule has 5 atom stereocenters. The second-order valence-corrected chi connectivity index (χ2v) is 12.8. The Kier molecular flexibility index (Phi) is 11.5. The Labute approximate surface area is 254 Å². The topological polar surface area (TPSA) is 96.4 Å². The summed E-state index contributed by atoms with van der Waals surface area (Å²) >= 11 is 0. The van der Waals surface area contributed by atoms with Gasteiger partial charge in [-0.25, -0.2) is 9.18 Å². The molecule has 3 aliphatic rings. The molecule has 2 aliphatic heterocycles. The Hall–Kier alpha value is -3.04. The molecular weight excluding hydrogens is 551 g/mol. The van der Waals surface area contributed by atoms with Crippen LogP contribution in [0, 0.1) is 23.6 Å². The summed E-state index contributed by atoms with van der Waals surface area (Å²) < 4.78 is 26.4. The summed E-state index contributed by atoms with van der Waals surface area (Å²) in [4.78, 5) is 42.1. The molecule has 0 bridgehead atoms. The van der Waals surface area contributed by atoms with Gasteiger partial charge in [0.1, 0.15) is 23.8 Å². The van der Waals surface area contributed by atoms with E-state index in [-0.39, 0.29) is 36.6 Å². The number of ketones is 1. The quantitative estimate of drug-likeness (QED) is 0.341. The van der Waals surface area contributed by atoms with Gasteiger partial charge in [0.15, 0.2) is 0 Å². The van der Waals surface area contributed by atoms with E-state index >= 15 is 0 Å². The molecule has 2 fully saturated rings. The van der Waals surface area contributed by atoms with Gasteiger partial charge in [0.25, 0.3) is 0 Å². The number of likely N-dealkylation sites (N-methyl/N-ethyl adjacent to an activating group) is 1. The zero-order chi connectivity index (χ0) is 31.1. The summed E-state index contributed by atoms with van der Waals surface area (Å²) in [6.45, 7) is 8.49. The van der Waals surface area contributed by atoms with Crippen LogP contribution in [-0.2, 0) is 25.5 Å². The highest BCUT2D eigenvalue weighted by molar-refractivity contribution is 5.81. The lowest BCUT2D eigenvalue weighted by atomic mass is 9.91. The van der Waals surface area contributed by atoms with E-state index in [2.05, 4.69) is 4.90 Å². The number of amides is 1. The Bertz CT molecular complexity index is 1200. The van der Waals surface area contributed by atoms with Crippen LogP contribution in [0.5, 0.6) is 0 Å². The number of Topliss-reactive ketones (excluding diaryl/α,β-unsaturated/α-hetero) is 1. The van der Waals surface area contributed by atoms with E-state index in [1.165, 1.54) is 12.1 Å². The highest BCUT2D eigenvalue weighted by Crippen LogP contribution is 2.33. The zero-order valence-corrected chi connectivity index (χ0v) is 26.0. The number of benzene rings is 1. The van der Waals surface area contributed by atoms with Crippen molar-refractivity contribution in [2.24, 2.45) is 17.8 Å². The summed E-state index contributed by atoms with van der Waals surface area (Å²) in [6, 6.07) is 4.59.